The van der Waals surface area contributed by atoms with Crippen LogP contribution in [0.3, 0.4) is 0 Å². The molecular weight excluding hydrogens is 358 g/mol. The lowest BCUT2D eigenvalue weighted by Gasteiger charge is -2.27. The number of hydrogen-bond acceptors (Lipinski definition) is 6. The van der Waals surface area contributed by atoms with Crippen LogP contribution in [0, 0.1) is 6.92 Å². The summed E-state index contributed by atoms with van der Waals surface area (Å²) in [5.41, 5.74) is 1.64. The van der Waals surface area contributed by atoms with Crippen molar-refractivity contribution in [3.05, 3.63) is 54.8 Å². The molecule has 0 spiro atoms. The summed E-state index contributed by atoms with van der Waals surface area (Å²) < 4.78 is 7.39. The third-order valence-electron chi connectivity index (χ3n) is 4.73. The van der Waals surface area contributed by atoms with Gasteiger partial charge in [-0.05, 0) is 24.4 Å². The SMILES string of the molecule is Cc1cn2c(n1)CN(C(=O)Nc1cc3cc(-c4cnco4)ncc3cn1)CC2. The molecule has 0 aliphatic carbocycles. The van der Waals surface area contributed by atoms with Crippen LogP contribution in [-0.2, 0) is 13.1 Å². The molecule has 0 unspecified atom stereocenters. The molecule has 0 bridgehead atoms. The molecule has 0 fully saturated rings. The van der Waals surface area contributed by atoms with E-state index in [1.807, 2.05) is 25.3 Å². The van der Waals surface area contributed by atoms with Crippen molar-refractivity contribution in [3.8, 4) is 11.5 Å². The van der Waals surface area contributed by atoms with E-state index in [1.54, 1.807) is 23.5 Å². The van der Waals surface area contributed by atoms with Crippen LogP contribution in [0.5, 0.6) is 0 Å². The number of urea groups is 1. The number of oxazole rings is 1. The second-order valence-electron chi connectivity index (χ2n) is 6.70. The quantitative estimate of drug-likeness (QED) is 0.578. The van der Waals surface area contributed by atoms with E-state index in [4.69, 9.17) is 4.42 Å². The van der Waals surface area contributed by atoms with Gasteiger partial charge in [0.15, 0.2) is 12.2 Å². The van der Waals surface area contributed by atoms with E-state index in [-0.39, 0.29) is 6.03 Å². The Morgan fingerprint density at radius 3 is 2.89 bits per heavy atom. The lowest BCUT2D eigenvalue weighted by molar-refractivity contribution is 0.195. The van der Waals surface area contributed by atoms with E-state index in [1.165, 1.54) is 6.39 Å². The Bertz CT molecular complexity index is 1170. The maximum absolute atomic E-state index is 12.7. The third-order valence-corrected chi connectivity index (χ3v) is 4.73. The molecule has 9 nitrogen and oxygen atoms in total. The highest BCUT2D eigenvalue weighted by Gasteiger charge is 2.22. The summed E-state index contributed by atoms with van der Waals surface area (Å²) in [7, 11) is 0. The summed E-state index contributed by atoms with van der Waals surface area (Å²) in [5, 5.41) is 4.65. The van der Waals surface area contributed by atoms with Gasteiger partial charge in [-0.15, -0.1) is 0 Å². The van der Waals surface area contributed by atoms with E-state index in [0.717, 1.165) is 28.8 Å². The van der Waals surface area contributed by atoms with Crippen molar-refractivity contribution in [1.82, 2.24) is 29.4 Å². The number of amides is 2. The Labute approximate surface area is 160 Å². The van der Waals surface area contributed by atoms with Gasteiger partial charge in [-0.1, -0.05) is 0 Å². The first kappa shape index (κ1) is 16.4. The summed E-state index contributed by atoms with van der Waals surface area (Å²) in [6.45, 7) is 3.80. The van der Waals surface area contributed by atoms with Gasteiger partial charge >= 0.3 is 6.03 Å². The molecule has 5 heterocycles. The Balaban J connectivity index is 1.36. The first-order valence-corrected chi connectivity index (χ1v) is 8.89. The second-order valence-corrected chi connectivity index (χ2v) is 6.70. The van der Waals surface area contributed by atoms with Gasteiger partial charge in [-0.2, -0.15) is 0 Å². The fourth-order valence-corrected chi connectivity index (χ4v) is 3.34. The molecule has 2 amide bonds. The van der Waals surface area contributed by atoms with Crippen molar-refractivity contribution < 1.29 is 9.21 Å². The summed E-state index contributed by atoms with van der Waals surface area (Å²) in [4.78, 5) is 31.5. The second kappa shape index (κ2) is 6.45. The van der Waals surface area contributed by atoms with Gasteiger partial charge in [0.1, 0.15) is 17.3 Å². The molecule has 9 heteroatoms. The molecule has 0 aromatic carbocycles. The molecule has 0 saturated carbocycles. The molecule has 0 radical (unpaired) electrons. The zero-order valence-electron chi connectivity index (χ0n) is 15.2. The zero-order valence-corrected chi connectivity index (χ0v) is 15.2. The standard InChI is InChI=1S/C19H17N7O2/c1-12-9-25-2-3-26(10-18(25)23-12)19(27)24-17-5-13-4-15(16-8-20-11-28-16)21-6-14(13)7-22-17/h4-9,11H,2-3,10H2,1H3,(H,22,24,27). The predicted octanol–water partition coefficient (Wildman–Crippen LogP) is 2.84. The average Bonchev–Trinajstić information content (AvgIpc) is 3.35. The van der Waals surface area contributed by atoms with Gasteiger partial charge in [0, 0.05) is 37.1 Å². The molecule has 1 aliphatic heterocycles. The zero-order chi connectivity index (χ0) is 19.1. The molecule has 4 aromatic rings. The van der Waals surface area contributed by atoms with Crippen LogP contribution >= 0.6 is 0 Å². The Hall–Kier alpha value is -3.75. The normalized spacial score (nSPS) is 13.5. The van der Waals surface area contributed by atoms with Gasteiger partial charge in [0.2, 0.25) is 0 Å². The van der Waals surface area contributed by atoms with E-state index >= 15 is 0 Å². The third kappa shape index (κ3) is 2.96. The van der Waals surface area contributed by atoms with Crippen LogP contribution < -0.4 is 5.32 Å². The first-order chi connectivity index (χ1) is 13.7. The highest BCUT2D eigenvalue weighted by atomic mass is 16.3. The minimum atomic E-state index is -0.191. The summed E-state index contributed by atoms with van der Waals surface area (Å²) >= 11 is 0. The van der Waals surface area contributed by atoms with Crippen molar-refractivity contribution in [2.24, 2.45) is 0 Å². The maximum atomic E-state index is 12.7. The number of aryl methyl sites for hydroxylation is 1. The average molecular weight is 375 g/mol. The minimum absolute atomic E-state index is 0.191. The molecule has 4 aromatic heterocycles. The van der Waals surface area contributed by atoms with Crippen LogP contribution in [-0.4, -0.2) is 42.0 Å². The molecule has 0 saturated heterocycles. The van der Waals surface area contributed by atoms with Gasteiger partial charge in [-0.3, -0.25) is 10.3 Å². The smallest absolute Gasteiger partial charge is 0.323 e. The topological polar surface area (TPSA) is 102 Å². The minimum Gasteiger partial charge on any atom is -0.442 e. The predicted molar refractivity (Wildman–Crippen MR) is 101 cm³/mol. The summed E-state index contributed by atoms with van der Waals surface area (Å²) in [5.74, 6) is 1.97. The lowest BCUT2D eigenvalue weighted by atomic mass is 10.2. The van der Waals surface area contributed by atoms with Crippen LogP contribution in [0.2, 0.25) is 0 Å². The first-order valence-electron chi connectivity index (χ1n) is 8.89. The number of fused-ring (bicyclic) bond motifs is 2. The van der Waals surface area contributed by atoms with E-state index < -0.39 is 0 Å². The number of aromatic nitrogens is 5. The molecule has 1 aliphatic rings. The number of rotatable bonds is 2. The highest BCUT2D eigenvalue weighted by Crippen LogP contribution is 2.23. The molecule has 1 N–H and O–H groups in total. The van der Waals surface area contributed by atoms with Gasteiger partial charge < -0.3 is 13.9 Å². The highest BCUT2D eigenvalue weighted by molar-refractivity contribution is 5.92. The van der Waals surface area contributed by atoms with E-state index in [2.05, 4.69) is 29.8 Å². The van der Waals surface area contributed by atoms with Crippen molar-refractivity contribution in [2.45, 2.75) is 20.0 Å². The number of pyridine rings is 2. The Morgan fingerprint density at radius 1 is 1.14 bits per heavy atom. The lowest BCUT2D eigenvalue weighted by Crippen LogP contribution is -2.40. The van der Waals surface area contributed by atoms with Crippen LogP contribution in [0.1, 0.15) is 11.5 Å². The van der Waals surface area contributed by atoms with Gasteiger partial charge in [0.25, 0.3) is 0 Å². The number of nitrogens with one attached hydrogen (secondary N) is 1. The Morgan fingerprint density at radius 2 is 2.04 bits per heavy atom. The van der Waals surface area contributed by atoms with E-state index in [9.17, 15) is 4.79 Å². The van der Waals surface area contributed by atoms with Crippen LogP contribution in [0.25, 0.3) is 22.2 Å². The van der Waals surface area contributed by atoms with Crippen molar-refractivity contribution in [3.63, 3.8) is 0 Å². The molecule has 28 heavy (non-hydrogen) atoms. The largest absolute Gasteiger partial charge is 0.442 e. The molecule has 0 atom stereocenters. The number of carbonyl (C=O) groups is 1. The number of nitrogens with zero attached hydrogens (tertiary/aromatic N) is 6. The fourth-order valence-electron chi connectivity index (χ4n) is 3.34. The molecule has 5 rings (SSSR count). The number of carbonyl (C=O) groups excluding carboxylic acids is 1. The van der Waals surface area contributed by atoms with Gasteiger partial charge in [-0.25, -0.2) is 19.7 Å². The van der Waals surface area contributed by atoms with Crippen LogP contribution in [0.4, 0.5) is 10.6 Å². The number of anilines is 1. The molecule has 140 valence electrons. The number of imidazole rings is 1. The monoisotopic (exact) mass is 375 g/mol. The molecular formula is C19H17N7O2. The van der Waals surface area contributed by atoms with Crippen molar-refractivity contribution >= 4 is 22.6 Å². The Kier molecular flexibility index (Phi) is 3.78. The fraction of sp³-hybridized carbons (Fsp3) is 0.211. The van der Waals surface area contributed by atoms with Crippen molar-refractivity contribution in [2.75, 3.05) is 11.9 Å². The summed E-state index contributed by atoms with van der Waals surface area (Å²) in [6.07, 6.45) is 8.40. The summed E-state index contributed by atoms with van der Waals surface area (Å²) in [6, 6.07) is 3.51. The maximum Gasteiger partial charge on any atom is 0.323 e. The van der Waals surface area contributed by atoms with Gasteiger partial charge in [0.05, 0.1) is 18.4 Å². The van der Waals surface area contributed by atoms with Crippen molar-refractivity contribution in [1.29, 1.82) is 0 Å². The number of hydrogen-bond donors (Lipinski definition) is 1. The van der Waals surface area contributed by atoms with Crippen LogP contribution in [0.15, 0.2) is 47.7 Å². The van der Waals surface area contributed by atoms with E-state index in [0.29, 0.717) is 30.4 Å².